The molecule has 0 saturated carbocycles. The average Bonchev–Trinajstić information content (AvgIpc) is 2.11. The molecule has 90 valence electrons. The summed E-state index contributed by atoms with van der Waals surface area (Å²) in [6.45, 7) is 0.897. The third kappa shape index (κ3) is 4.55. The lowest BCUT2D eigenvalue weighted by atomic mass is 10.5. The molecule has 0 rings (SSSR count). The van der Waals surface area contributed by atoms with Crippen molar-refractivity contribution in [1.29, 1.82) is 0 Å². The van der Waals surface area contributed by atoms with Gasteiger partial charge in [-0.2, -0.15) is 13.2 Å². The highest BCUT2D eigenvalue weighted by molar-refractivity contribution is 8.07. The minimum absolute atomic E-state index is 0.697. The maximum absolute atomic E-state index is 12.0. The van der Waals surface area contributed by atoms with Crippen LogP contribution in [0.1, 0.15) is 6.92 Å². The average molecular weight is 266 g/mol. The molecule has 9 heteroatoms. The van der Waals surface area contributed by atoms with Gasteiger partial charge in [-0.1, -0.05) is 0 Å². The molecule has 0 N–H and O–H groups in total. The van der Waals surface area contributed by atoms with Gasteiger partial charge in [0.25, 0.3) is 0 Å². The van der Waals surface area contributed by atoms with Crippen LogP contribution in [0.3, 0.4) is 0 Å². The number of rotatable bonds is 5. The fourth-order valence-electron chi connectivity index (χ4n) is 0.763. The number of halogens is 3. The summed E-state index contributed by atoms with van der Waals surface area (Å²) in [7, 11) is -2.19. The lowest BCUT2D eigenvalue weighted by Gasteiger charge is -2.22. The van der Waals surface area contributed by atoms with Gasteiger partial charge in [0, 0.05) is 14.2 Å². The first-order chi connectivity index (χ1) is 6.66. The Kier molecular flexibility index (Phi) is 5.32. The van der Waals surface area contributed by atoms with Crippen LogP contribution in [0.15, 0.2) is 0 Å². The van der Waals surface area contributed by atoms with E-state index in [1.165, 1.54) is 0 Å². The van der Waals surface area contributed by atoms with Gasteiger partial charge in [0.2, 0.25) is 0 Å². The first kappa shape index (κ1) is 15.0. The zero-order chi connectivity index (χ0) is 12.3. The fraction of sp³-hybridized carbons (Fsp3) is 0.833. The van der Waals surface area contributed by atoms with Crippen LogP contribution in [-0.4, -0.2) is 30.5 Å². The fourth-order valence-corrected chi connectivity index (χ4v) is 3.55. The van der Waals surface area contributed by atoms with Crippen LogP contribution >= 0.6 is 19.4 Å². The van der Waals surface area contributed by atoms with Gasteiger partial charge in [0.05, 0.1) is 0 Å². The van der Waals surface area contributed by atoms with Crippen LogP contribution in [0, 0.1) is 0 Å². The maximum Gasteiger partial charge on any atom is 0.443 e. The molecule has 0 amide bonds. The molecule has 4 nitrogen and oxygen atoms in total. The predicted octanol–water partition coefficient (Wildman–Crippen LogP) is 2.64. The zero-order valence-corrected chi connectivity index (χ0v) is 9.91. The first-order valence-corrected chi connectivity index (χ1v) is 6.11. The van der Waals surface area contributed by atoms with Gasteiger partial charge in [-0.25, -0.2) is 0 Å². The Hall–Kier alpha value is -0.0400. The molecule has 0 radical (unpaired) electrons. The highest BCUT2D eigenvalue weighted by Gasteiger charge is 2.46. The molecule has 0 aromatic heterocycles. The van der Waals surface area contributed by atoms with E-state index in [-0.39, 0.29) is 0 Å². The number of ketones is 1. The Balaban J connectivity index is 4.98. The summed E-state index contributed by atoms with van der Waals surface area (Å²) in [6.07, 6.45) is 0. The van der Waals surface area contributed by atoms with Crippen LogP contribution in [0.5, 0.6) is 0 Å². The quantitative estimate of drug-likeness (QED) is 0.716. The predicted molar refractivity (Wildman–Crippen MR) is 49.7 cm³/mol. The van der Waals surface area contributed by atoms with Crippen molar-refractivity contribution in [1.82, 2.24) is 0 Å². The second-order valence-corrected chi connectivity index (χ2v) is 6.28. The molecule has 0 heterocycles. The minimum Gasteiger partial charge on any atom is -0.311 e. The van der Waals surface area contributed by atoms with E-state index in [0.717, 1.165) is 21.1 Å². The summed E-state index contributed by atoms with van der Waals surface area (Å²) in [5.74, 6) is -0.913. The van der Waals surface area contributed by atoms with Gasteiger partial charge in [0.1, 0.15) is 0 Å². The van der Waals surface area contributed by atoms with Crippen molar-refractivity contribution < 1.29 is 31.6 Å². The minimum atomic E-state index is -4.68. The number of Topliss-reactive ketones (excluding diaryl/α,β-unsaturated/α-hetero) is 1. The Morgan fingerprint density at radius 3 is 1.93 bits per heavy atom. The Bertz CT molecular complexity index is 272. The van der Waals surface area contributed by atoms with Crippen molar-refractivity contribution in [3.8, 4) is 0 Å². The standard InChI is InChI=1S/C6H10F3O4PS/c1-4(10)5(15-6(7,8)9)14(11,12-2)13-3/h5H,1-3H3. The Morgan fingerprint density at radius 2 is 1.73 bits per heavy atom. The maximum atomic E-state index is 12.0. The molecule has 0 saturated heterocycles. The van der Waals surface area contributed by atoms with Crippen LogP contribution in [0.2, 0.25) is 0 Å². The second kappa shape index (κ2) is 5.34. The highest BCUT2D eigenvalue weighted by atomic mass is 32.2. The van der Waals surface area contributed by atoms with Gasteiger partial charge in [-0.3, -0.25) is 9.36 Å². The van der Waals surface area contributed by atoms with Crippen molar-refractivity contribution in [2.75, 3.05) is 14.2 Å². The molecule has 0 fully saturated rings. The molecular weight excluding hydrogens is 256 g/mol. The largest absolute Gasteiger partial charge is 0.443 e. The molecule has 0 aliphatic carbocycles. The van der Waals surface area contributed by atoms with Gasteiger partial charge >= 0.3 is 13.1 Å². The summed E-state index contributed by atoms with van der Waals surface area (Å²) in [6, 6.07) is 0. The topological polar surface area (TPSA) is 52.6 Å². The molecule has 0 bridgehead atoms. The van der Waals surface area contributed by atoms with E-state index in [4.69, 9.17) is 0 Å². The zero-order valence-electron chi connectivity index (χ0n) is 8.20. The second-order valence-electron chi connectivity index (χ2n) is 2.43. The normalized spacial score (nSPS) is 15.1. The molecular formula is C6H10F3O4PS. The number of alkyl halides is 3. The third-order valence-electron chi connectivity index (χ3n) is 1.39. The molecule has 15 heavy (non-hydrogen) atoms. The van der Waals surface area contributed by atoms with E-state index < -0.39 is 35.6 Å². The van der Waals surface area contributed by atoms with Gasteiger partial charge in [-0.15, -0.1) is 0 Å². The Morgan fingerprint density at radius 1 is 1.33 bits per heavy atom. The molecule has 0 aromatic rings. The number of thioether (sulfide) groups is 1. The summed E-state index contributed by atoms with van der Waals surface area (Å²) in [4.78, 5) is 9.05. The van der Waals surface area contributed by atoms with Crippen molar-refractivity contribution in [3.63, 3.8) is 0 Å². The van der Waals surface area contributed by atoms with Crippen molar-refractivity contribution >= 4 is 25.1 Å². The Labute approximate surface area is 89.0 Å². The number of hydrogen-bond donors (Lipinski definition) is 0. The lowest BCUT2D eigenvalue weighted by molar-refractivity contribution is -0.115. The van der Waals surface area contributed by atoms with Crippen LogP contribution in [-0.2, 0) is 18.4 Å². The molecule has 1 unspecified atom stereocenters. The van der Waals surface area contributed by atoms with E-state index >= 15 is 0 Å². The summed E-state index contributed by atoms with van der Waals surface area (Å²) >= 11 is -0.697. The van der Waals surface area contributed by atoms with Crippen LogP contribution in [0.25, 0.3) is 0 Å². The van der Waals surface area contributed by atoms with E-state index in [2.05, 4.69) is 9.05 Å². The van der Waals surface area contributed by atoms with Crippen molar-refractivity contribution in [2.24, 2.45) is 0 Å². The molecule has 0 spiro atoms. The first-order valence-electron chi connectivity index (χ1n) is 3.62. The smallest absolute Gasteiger partial charge is 0.311 e. The number of carbonyl (C=O) groups excluding carboxylic acids is 1. The molecule has 0 aliphatic heterocycles. The van der Waals surface area contributed by atoms with E-state index in [0.29, 0.717) is 0 Å². The van der Waals surface area contributed by atoms with E-state index in [9.17, 15) is 22.5 Å². The van der Waals surface area contributed by atoms with E-state index in [1.54, 1.807) is 0 Å². The van der Waals surface area contributed by atoms with Gasteiger partial charge in [-0.05, 0) is 18.7 Å². The van der Waals surface area contributed by atoms with Crippen molar-refractivity contribution in [2.45, 2.75) is 17.4 Å². The van der Waals surface area contributed by atoms with Crippen molar-refractivity contribution in [3.05, 3.63) is 0 Å². The summed E-state index contributed by atoms with van der Waals surface area (Å²) in [5.41, 5.74) is -4.68. The lowest BCUT2D eigenvalue weighted by Crippen LogP contribution is -2.21. The van der Waals surface area contributed by atoms with Gasteiger partial charge < -0.3 is 9.05 Å². The van der Waals surface area contributed by atoms with Crippen LogP contribution < -0.4 is 0 Å². The van der Waals surface area contributed by atoms with Gasteiger partial charge in [0.15, 0.2) is 10.8 Å². The third-order valence-corrected chi connectivity index (χ3v) is 5.26. The van der Waals surface area contributed by atoms with Crippen LogP contribution in [0.4, 0.5) is 13.2 Å². The number of hydrogen-bond acceptors (Lipinski definition) is 5. The SMILES string of the molecule is COP(=O)(OC)C(SC(F)(F)F)C(C)=O. The molecule has 1 atom stereocenters. The molecule has 0 aromatic carbocycles. The monoisotopic (exact) mass is 266 g/mol. The number of carbonyl (C=O) groups is 1. The summed E-state index contributed by atoms with van der Waals surface area (Å²) in [5, 5.41) is 0. The van der Waals surface area contributed by atoms with E-state index in [1.807, 2.05) is 0 Å². The highest BCUT2D eigenvalue weighted by Crippen LogP contribution is 2.59. The molecule has 0 aliphatic rings. The summed E-state index contributed by atoms with van der Waals surface area (Å²) < 4.78 is 56.4.